The summed E-state index contributed by atoms with van der Waals surface area (Å²) in [4.78, 5) is 28.7. The number of ether oxygens (including phenoxy) is 1. The number of aryl methyl sites for hydroxylation is 1. The number of nitrogens with one attached hydrogen (secondary N) is 1. The zero-order valence-corrected chi connectivity index (χ0v) is 21.5. The molecule has 0 saturated heterocycles. The molecule has 0 aromatic heterocycles. The van der Waals surface area contributed by atoms with Crippen LogP contribution in [0.1, 0.15) is 37.5 Å². The molecule has 3 aromatic carbocycles. The number of carbonyl (C=O) groups excluding carboxylic acids is 2. The van der Waals surface area contributed by atoms with E-state index in [1.54, 1.807) is 29.2 Å². The maximum Gasteiger partial charge on any atom is 0.261 e. The van der Waals surface area contributed by atoms with Crippen LogP contribution >= 0.6 is 11.6 Å². The summed E-state index contributed by atoms with van der Waals surface area (Å²) in [5, 5.41) is 3.65. The van der Waals surface area contributed by atoms with Crippen molar-refractivity contribution in [2.75, 3.05) is 6.61 Å². The lowest BCUT2D eigenvalue weighted by molar-refractivity contribution is -0.143. The Labute approximate surface area is 213 Å². The first-order valence-electron chi connectivity index (χ1n) is 11.7. The van der Waals surface area contributed by atoms with Crippen molar-refractivity contribution in [2.24, 2.45) is 0 Å². The summed E-state index contributed by atoms with van der Waals surface area (Å²) in [6, 6.07) is 23.9. The van der Waals surface area contributed by atoms with Crippen molar-refractivity contribution in [3.8, 4) is 5.75 Å². The van der Waals surface area contributed by atoms with Gasteiger partial charge in [0.2, 0.25) is 5.91 Å². The van der Waals surface area contributed by atoms with Crippen LogP contribution in [0.5, 0.6) is 5.75 Å². The summed E-state index contributed by atoms with van der Waals surface area (Å²) in [5.41, 5.74) is 2.60. The van der Waals surface area contributed by atoms with Crippen molar-refractivity contribution in [3.05, 3.63) is 101 Å². The lowest BCUT2D eigenvalue weighted by Crippen LogP contribution is -2.55. The van der Waals surface area contributed by atoms with E-state index in [1.165, 1.54) is 0 Å². The first-order valence-corrected chi connectivity index (χ1v) is 12.1. The highest BCUT2D eigenvalue weighted by atomic mass is 35.5. The Balaban J connectivity index is 1.91. The van der Waals surface area contributed by atoms with E-state index < -0.39 is 11.6 Å². The fraction of sp³-hybridized carbons (Fsp3) is 0.310. The molecule has 0 saturated carbocycles. The summed E-state index contributed by atoms with van der Waals surface area (Å²) in [5.74, 6) is 0.0654. The molecule has 35 heavy (non-hydrogen) atoms. The molecular formula is C29H33ClN2O3. The maximum absolute atomic E-state index is 13.6. The van der Waals surface area contributed by atoms with Crippen LogP contribution in [0.3, 0.4) is 0 Å². The molecule has 0 aliphatic carbocycles. The molecule has 0 spiro atoms. The van der Waals surface area contributed by atoms with Gasteiger partial charge >= 0.3 is 0 Å². The van der Waals surface area contributed by atoms with Crippen molar-refractivity contribution < 1.29 is 14.3 Å². The van der Waals surface area contributed by atoms with Crippen LogP contribution in [-0.4, -0.2) is 34.9 Å². The van der Waals surface area contributed by atoms with Crippen molar-refractivity contribution >= 4 is 23.4 Å². The molecule has 0 bridgehead atoms. The second-order valence-corrected chi connectivity index (χ2v) is 10.1. The first-order chi connectivity index (χ1) is 16.6. The molecule has 0 fully saturated rings. The normalized spacial score (nSPS) is 12.0. The molecule has 6 heteroatoms. The number of amides is 2. The van der Waals surface area contributed by atoms with Crippen molar-refractivity contribution in [3.63, 3.8) is 0 Å². The van der Waals surface area contributed by atoms with E-state index >= 15 is 0 Å². The topological polar surface area (TPSA) is 58.6 Å². The Bertz CT molecular complexity index is 1110. The third-order valence-corrected chi connectivity index (χ3v) is 5.67. The van der Waals surface area contributed by atoms with Crippen LogP contribution in [-0.2, 0) is 22.6 Å². The van der Waals surface area contributed by atoms with E-state index in [4.69, 9.17) is 16.3 Å². The minimum atomic E-state index is -0.709. The largest absolute Gasteiger partial charge is 0.484 e. The van der Waals surface area contributed by atoms with Gasteiger partial charge < -0.3 is 15.0 Å². The monoisotopic (exact) mass is 492 g/mol. The predicted octanol–water partition coefficient (Wildman–Crippen LogP) is 5.58. The molecule has 0 radical (unpaired) electrons. The fourth-order valence-electron chi connectivity index (χ4n) is 3.66. The highest BCUT2D eigenvalue weighted by Gasteiger charge is 2.32. The van der Waals surface area contributed by atoms with Crippen molar-refractivity contribution in [2.45, 2.75) is 52.2 Å². The molecular weight excluding hydrogens is 460 g/mol. The number of hydrogen-bond donors (Lipinski definition) is 1. The first kappa shape index (κ1) is 26.3. The zero-order chi connectivity index (χ0) is 25.4. The SMILES string of the molecule is Cc1ccc(CN(C(=O)COc2ccc(Cl)cc2)[C@H](Cc2ccccc2)C(=O)NC(C)(C)C)cc1. The summed E-state index contributed by atoms with van der Waals surface area (Å²) in [6.45, 7) is 7.90. The van der Waals surface area contributed by atoms with Gasteiger partial charge in [-0.15, -0.1) is 0 Å². The Morgan fingerprint density at radius 2 is 1.54 bits per heavy atom. The second-order valence-electron chi connectivity index (χ2n) is 9.69. The van der Waals surface area contributed by atoms with Crippen LogP contribution in [0.15, 0.2) is 78.9 Å². The number of rotatable bonds is 9. The predicted molar refractivity (Wildman–Crippen MR) is 141 cm³/mol. The van der Waals surface area contributed by atoms with Crippen molar-refractivity contribution in [1.82, 2.24) is 10.2 Å². The van der Waals surface area contributed by atoms with Crippen LogP contribution in [0.4, 0.5) is 0 Å². The fourth-order valence-corrected chi connectivity index (χ4v) is 3.78. The molecule has 0 aliphatic heterocycles. The standard InChI is InChI=1S/C29H33ClN2O3/c1-21-10-12-23(13-11-21)19-32(27(33)20-35-25-16-14-24(30)15-17-25)26(28(34)31-29(2,3)4)18-22-8-6-5-7-9-22/h5-17,26H,18-20H2,1-4H3,(H,31,34)/t26-/m1/s1. The number of nitrogens with zero attached hydrogens (tertiary/aromatic N) is 1. The van der Waals surface area contributed by atoms with Gasteiger partial charge in [0.25, 0.3) is 5.91 Å². The van der Waals surface area contributed by atoms with Crippen molar-refractivity contribution in [1.29, 1.82) is 0 Å². The number of hydrogen-bond acceptors (Lipinski definition) is 3. The Hall–Kier alpha value is -3.31. The molecule has 2 amide bonds. The molecule has 3 aromatic rings. The average molecular weight is 493 g/mol. The quantitative estimate of drug-likeness (QED) is 0.424. The van der Waals surface area contributed by atoms with E-state index in [-0.39, 0.29) is 25.0 Å². The van der Waals surface area contributed by atoms with E-state index in [2.05, 4.69) is 5.32 Å². The molecule has 0 aliphatic rings. The molecule has 3 rings (SSSR count). The second kappa shape index (κ2) is 11.9. The van der Waals surface area contributed by atoms with Crippen LogP contribution in [0.2, 0.25) is 5.02 Å². The van der Waals surface area contributed by atoms with Crippen LogP contribution in [0, 0.1) is 6.92 Å². The number of carbonyl (C=O) groups is 2. The van der Waals surface area contributed by atoms with Gasteiger partial charge in [-0.2, -0.15) is 0 Å². The van der Waals surface area contributed by atoms with Crippen LogP contribution < -0.4 is 10.1 Å². The summed E-state index contributed by atoms with van der Waals surface area (Å²) >= 11 is 5.96. The third kappa shape index (κ3) is 8.45. The Kier molecular flexibility index (Phi) is 8.94. The number of halogens is 1. The van der Waals surface area contributed by atoms with Gasteiger partial charge in [-0.05, 0) is 63.1 Å². The maximum atomic E-state index is 13.6. The smallest absolute Gasteiger partial charge is 0.261 e. The van der Waals surface area contributed by atoms with Gasteiger partial charge in [-0.1, -0.05) is 71.8 Å². The van der Waals surface area contributed by atoms with E-state index in [9.17, 15) is 9.59 Å². The molecule has 1 atom stereocenters. The Morgan fingerprint density at radius 3 is 2.14 bits per heavy atom. The Morgan fingerprint density at radius 1 is 0.914 bits per heavy atom. The van der Waals surface area contributed by atoms with E-state index in [1.807, 2.05) is 82.3 Å². The lowest BCUT2D eigenvalue weighted by atomic mass is 10.0. The lowest BCUT2D eigenvalue weighted by Gasteiger charge is -2.33. The average Bonchev–Trinajstić information content (AvgIpc) is 2.81. The van der Waals surface area contributed by atoms with Gasteiger partial charge in [-0.25, -0.2) is 0 Å². The van der Waals surface area contributed by atoms with Gasteiger partial charge in [-0.3, -0.25) is 9.59 Å². The molecule has 5 nitrogen and oxygen atoms in total. The van der Waals surface area contributed by atoms with Gasteiger partial charge in [0.05, 0.1) is 0 Å². The van der Waals surface area contributed by atoms with Crippen LogP contribution in [0.25, 0.3) is 0 Å². The minimum Gasteiger partial charge on any atom is -0.484 e. The summed E-state index contributed by atoms with van der Waals surface area (Å²) in [6.07, 6.45) is 0.390. The van der Waals surface area contributed by atoms with Gasteiger partial charge in [0, 0.05) is 23.5 Å². The summed E-state index contributed by atoms with van der Waals surface area (Å²) in [7, 11) is 0. The van der Waals surface area contributed by atoms with Gasteiger partial charge in [0.15, 0.2) is 6.61 Å². The minimum absolute atomic E-state index is 0.193. The molecule has 0 unspecified atom stereocenters. The zero-order valence-electron chi connectivity index (χ0n) is 20.8. The summed E-state index contributed by atoms with van der Waals surface area (Å²) < 4.78 is 5.76. The van der Waals surface area contributed by atoms with E-state index in [0.29, 0.717) is 17.2 Å². The van der Waals surface area contributed by atoms with Gasteiger partial charge in [0.1, 0.15) is 11.8 Å². The molecule has 184 valence electrons. The molecule has 1 N–H and O–H groups in total. The molecule has 0 heterocycles. The van der Waals surface area contributed by atoms with E-state index in [0.717, 1.165) is 16.7 Å². The third-order valence-electron chi connectivity index (χ3n) is 5.42. The highest BCUT2D eigenvalue weighted by molar-refractivity contribution is 6.30. The highest BCUT2D eigenvalue weighted by Crippen LogP contribution is 2.19. The number of benzene rings is 3.